The number of amides is 1. The van der Waals surface area contributed by atoms with Gasteiger partial charge in [0.2, 0.25) is 5.91 Å². The van der Waals surface area contributed by atoms with E-state index in [1.165, 1.54) is 9.58 Å². The van der Waals surface area contributed by atoms with Gasteiger partial charge in [-0.3, -0.25) is 4.79 Å². The third-order valence-corrected chi connectivity index (χ3v) is 6.84. The minimum Gasteiger partial charge on any atom is -0.331 e. The quantitative estimate of drug-likeness (QED) is 0.377. The lowest BCUT2D eigenvalue weighted by atomic mass is 9.84. The lowest BCUT2D eigenvalue weighted by Gasteiger charge is -2.40. The zero-order valence-electron chi connectivity index (χ0n) is 22.4. The fourth-order valence-electron chi connectivity index (χ4n) is 4.29. The Morgan fingerprint density at radius 2 is 1.79 bits per heavy atom. The summed E-state index contributed by atoms with van der Waals surface area (Å²) in [5, 5.41) is 4.50. The van der Waals surface area contributed by atoms with Crippen LogP contribution in [0.4, 0.5) is 13.2 Å². The zero-order valence-corrected chi connectivity index (χ0v) is 23.3. The first-order chi connectivity index (χ1) is 18.2. The van der Waals surface area contributed by atoms with Gasteiger partial charge in [0.15, 0.2) is 21.5 Å². The van der Waals surface area contributed by atoms with E-state index < -0.39 is 57.3 Å². The second-order valence-electron chi connectivity index (χ2n) is 10.7. The largest absolute Gasteiger partial charge is 0.331 e. The van der Waals surface area contributed by atoms with Crippen LogP contribution in [0.1, 0.15) is 44.6 Å². The molecule has 3 rings (SSSR count). The Morgan fingerprint density at radius 3 is 2.38 bits per heavy atom. The van der Waals surface area contributed by atoms with Gasteiger partial charge < -0.3 is 10.6 Å². The monoisotopic (exact) mass is 565 g/mol. The molecule has 0 aliphatic carbocycles. The van der Waals surface area contributed by atoms with Crippen molar-refractivity contribution in [1.29, 1.82) is 0 Å². The molecule has 2 aromatic carbocycles. The van der Waals surface area contributed by atoms with Gasteiger partial charge in [0.25, 0.3) is 0 Å². The van der Waals surface area contributed by atoms with Crippen molar-refractivity contribution in [2.24, 2.45) is 11.1 Å². The van der Waals surface area contributed by atoms with Gasteiger partial charge in [-0.1, -0.05) is 51.1 Å². The molecule has 0 saturated carbocycles. The fraction of sp³-hybridized carbons (Fsp3) is 0.444. The molecule has 0 fully saturated rings. The lowest BCUT2D eigenvalue weighted by Crippen LogP contribution is -2.46. The molecule has 0 spiro atoms. The van der Waals surface area contributed by atoms with E-state index in [4.69, 9.17) is 5.73 Å². The van der Waals surface area contributed by atoms with E-state index >= 15 is 0 Å². The normalized spacial score (nSPS) is 13.7. The molecule has 212 valence electrons. The summed E-state index contributed by atoms with van der Waals surface area (Å²) in [6.07, 6.45) is 1.02. The Hall–Kier alpha value is -3.25. The number of alkyl halides is 1. The number of sulfone groups is 1. The molecule has 39 heavy (non-hydrogen) atoms. The van der Waals surface area contributed by atoms with Crippen molar-refractivity contribution in [2.75, 3.05) is 25.2 Å². The summed E-state index contributed by atoms with van der Waals surface area (Å²) in [5.41, 5.74) is 5.72. The molecule has 2 atom stereocenters. The Labute approximate surface area is 226 Å². The number of carbonyl (C=O) groups is 1. The average Bonchev–Trinajstić information content (AvgIpc) is 3.24. The number of benzene rings is 2. The smallest absolute Gasteiger partial charge is 0.238 e. The van der Waals surface area contributed by atoms with Crippen molar-refractivity contribution in [3.8, 4) is 11.4 Å². The molecule has 0 radical (unpaired) electrons. The first-order valence-electron chi connectivity index (χ1n) is 12.4. The van der Waals surface area contributed by atoms with E-state index in [2.05, 4.69) is 10.1 Å². The number of aromatic nitrogens is 3. The third kappa shape index (κ3) is 8.12. The van der Waals surface area contributed by atoms with Gasteiger partial charge in [0.05, 0.1) is 18.2 Å². The fourth-order valence-corrected chi connectivity index (χ4v) is 4.91. The Balaban J connectivity index is 2.22. The highest BCUT2D eigenvalue weighted by atomic mass is 32.2. The van der Waals surface area contributed by atoms with E-state index in [0.29, 0.717) is 0 Å². The highest BCUT2D eigenvalue weighted by Crippen LogP contribution is 2.39. The number of halogens is 3. The van der Waals surface area contributed by atoms with Gasteiger partial charge in [0.1, 0.15) is 24.1 Å². The molecule has 0 bridgehead atoms. The summed E-state index contributed by atoms with van der Waals surface area (Å²) in [5.74, 6) is -2.75. The van der Waals surface area contributed by atoms with E-state index in [1.807, 2.05) is 51.1 Å². The van der Waals surface area contributed by atoms with Crippen LogP contribution in [0.15, 0.2) is 48.5 Å². The summed E-state index contributed by atoms with van der Waals surface area (Å²) < 4.78 is 67.7. The Bertz CT molecular complexity index is 1390. The van der Waals surface area contributed by atoms with Gasteiger partial charge in [-0.15, -0.1) is 0 Å². The number of hydrogen-bond acceptors (Lipinski definition) is 6. The SMILES string of the molecule is CC(C)(C)C(c1nc(-c2cc(F)ccc2F)nn1Cc1ccccc1)N(CC[C@H](N)CF)C(=O)CS(C)(=O)=O. The molecule has 12 heteroatoms. The van der Waals surface area contributed by atoms with Crippen LogP contribution >= 0.6 is 0 Å². The summed E-state index contributed by atoms with van der Waals surface area (Å²) in [6.45, 7) is 4.81. The number of nitrogens with zero attached hydrogens (tertiary/aromatic N) is 4. The standard InChI is InChI=1S/C27H34F3N5O3S/c1-27(2,3)24(34(13-12-20(31)15-28)23(36)17-39(4,37)38)26-32-25(21-14-19(29)10-11-22(21)30)33-35(26)16-18-8-6-5-7-9-18/h5-11,14,20,24H,12-13,15-17,31H2,1-4H3/t20-,24?/m0/s1. The van der Waals surface area contributed by atoms with Crippen molar-refractivity contribution in [3.63, 3.8) is 0 Å². The molecule has 0 aliphatic rings. The molecule has 1 amide bonds. The Kier molecular flexibility index (Phi) is 9.55. The van der Waals surface area contributed by atoms with E-state index in [-0.39, 0.29) is 36.7 Å². The highest BCUT2D eigenvalue weighted by molar-refractivity contribution is 7.91. The molecular formula is C27H34F3N5O3S. The molecule has 1 aromatic heterocycles. The van der Waals surface area contributed by atoms with Crippen LogP contribution < -0.4 is 5.73 Å². The summed E-state index contributed by atoms with van der Waals surface area (Å²) in [6, 6.07) is 10.4. The van der Waals surface area contributed by atoms with Crippen LogP contribution in [0.2, 0.25) is 0 Å². The molecular weight excluding hydrogens is 531 g/mol. The van der Waals surface area contributed by atoms with Crippen LogP contribution in [0.5, 0.6) is 0 Å². The number of nitrogens with two attached hydrogens (primary N) is 1. The van der Waals surface area contributed by atoms with Gasteiger partial charge in [-0.2, -0.15) is 5.10 Å². The maximum Gasteiger partial charge on any atom is 0.238 e. The van der Waals surface area contributed by atoms with Crippen molar-refractivity contribution < 1.29 is 26.4 Å². The molecule has 1 heterocycles. The van der Waals surface area contributed by atoms with E-state index in [9.17, 15) is 26.4 Å². The third-order valence-electron chi connectivity index (χ3n) is 6.07. The minimum atomic E-state index is -3.71. The van der Waals surface area contributed by atoms with Gasteiger partial charge in [-0.05, 0) is 35.6 Å². The van der Waals surface area contributed by atoms with Crippen LogP contribution in [-0.2, 0) is 21.2 Å². The maximum atomic E-state index is 14.7. The van der Waals surface area contributed by atoms with Crippen LogP contribution in [0, 0.1) is 17.0 Å². The summed E-state index contributed by atoms with van der Waals surface area (Å²) >= 11 is 0. The van der Waals surface area contributed by atoms with Crippen molar-refractivity contribution >= 4 is 15.7 Å². The lowest BCUT2D eigenvalue weighted by molar-refractivity contribution is -0.134. The molecule has 0 saturated heterocycles. The van der Waals surface area contributed by atoms with Crippen LogP contribution in [0.3, 0.4) is 0 Å². The number of hydrogen-bond donors (Lipinski definition) is 1. The second-order valence-corrected chi connectivity index (χ2v) is 12.8. The second kappa shape index (κ2) is 12.3. The molecule has 3 aromatic rings. The van der Waals surface area contributed by atoms with Crippen molar-refractivity contribution in [1.82, 2.24) is 19.7 Å². The molecule has 0 aliphatic heterocycles. The average molecular weight is 566 g/mol. The van der Waals surface area contributed by atoms with Crippen molar-refractivity contribution in [3.05, 3.63) is 71.6 Å². The predicted molar refractivity (Wildman–Crippen MR) is 143 cm³/mol. The number of rotatable bonds is 11. The maximum absolute atomic E-state index is 14.7. The van der Waals surface area contributed by atoms with Gasteiger partial charge >= 0.3 is 0 Å². The molecule has 8 nitrogen and oxygen atoms in total. The molecule has 1 unspecified atom stereocenters. The highest BCUT2D eigenvalue weighted by Gasteiger charge is 2.39. The number of carbonyl (C=O) groups excluding carboxylic acids is 1. The molecule has 2 N–H and O–H groups in total. The van der Waals surface area contributed by atoms with Crippen molar-refractivity contribution in [2.45, 2.75) is 45.8 Å². The van der Waals surface area contributed by atoms with E-state index in [1.54, 1.807) is 0 Å². The van der Waals surface area contributed by atoms with Gasteiger partial charge in [-0.25, -0.2) is 31.3 Å². The summed E-state index contributed by atoms with van der Waals surface area (Å²) in [4.78, 5) is 19.3. The predicted octanol–water partition coefficient (Wildman–Crippen LogP) is 3.92. The van der Waals surface area contributed by atoms with Gasteiger partial charge in [0, 0.05) is 18.8 Å². The van der Waals surface area contributed by atoms with Crippen LogP contribution in [0.25, 0.3) is 11.4 Å². The minimum absolute atomic E-state index is 0.0523. The first-order valence-corrected chi connectivity index (χ1v) is 14.5. The summed E-state index contributed by atoms with van der Waals surface area (Å²) in [7, 11) is -3.71. The van der Waals surface area contributed by atoms with Crippen LogP contribution in [-0.4, -0.2) is 65.3 Å². The first kappa shape index (κ1) is 30.3. The topological polar surface area (TPSA) is 111 Å². The Morgan fingerprint density at radius 1 is 1.13 bits per heavy atom. The van der Waals surface area contributed by atoms with E-state index in [0.717, 1.165) is 30.0 Å². The zero-order chi connectivity index (χ0) is 29.0.